The number of nitrogens with zero attached hydrogens (tertiary/aromatic N) is 1. The highest BCUT2D eigenvalue weighted by Crippen LogP contribution is 2.14. The maximum Gasteiger partial charge on any atom is 0.240 e. The summed E-state index contributed by atoms with van der Waals surface area (Å²) in [5.41, 5.74) is 0. The van der Waals surface area contributed by atoms with Crippen molar-refractivity contribution in [1.29, 1.82) is 0 Å². The molecule has 0 bridgehead atoms. The van der Waals surface area contributed by atoms with Gasteiger partial charge in [0.15, 0.2) is 5.96 Å². The van der Waals surface area contributed by atoms with Crippen molar-refractivity contribution in [3.63, 3.8) is 0 Å². The van der Waals surface area contributed by atoms with Gasteiger partial charge in [-0.15, -0.1) is 24.0 Å². The smallest absolute Gasteiger partial charge is 0.240 e. The summed E-state index contributed by atoms with van der Waals surface area (Å²) in [6, 6.07) is 6.17. The molecule has 24 heavy (non-hydrogen) atoms. The summed E-state index contributed by atoms with van der Waals surface area (Å²) >= 11 is 5.81. The minimum Gasteiger partial charge on any atom is -0.356 e. The molecule has 0 heterocycles. The zero-order valence-corrected chi connectivity index (χ0v) is 18.1. The molecule has 0 spiro atoms. The second-order valence-electron chi connectivity index (χ2n) is 5.46. The van der Waals surface area contributed by atoms with E-state index in [2.05, 4.69) is 34.2 Å². The van der Waals surface area contributed by atoms with Gasteiger partial charge in [-0.1, -0.05) is 31.5 Å². The summed E-state index contributed by atoms with van der Waals surface area (Å²) in [6.07, 6.45) is 1.04. The third kappa shape index (κ3) is 9.05. The molecule has 0 atom stereocenters. The Kier molecular flexibility index (Phi) is 11.6. The second kappa shape index (κ2) is 11.9. The molecule has 3 N–H and O–H groups in total. The van der Waals surface area contributed by atoms with Crippen LogP contribution in [-0.2, 0) is 10.0 Å². The van der Waals surface area contributed by atoms with Crippen LogP contribution in [-0.4, -0.2) is 41.1 Å². The van der Waals surface area contributed by atoms with Crippen molar-refractivity contribution in [2.45, 2.75) is 25.2 Å². The summed E-state index contributed by atoms with van der Waals surface area (Å²) in [5.74, 6) is 1.28. The monoisotopic (exact) mass is 488 g/mol. The van der Waals surface area contributed by atoms with E-state index in [1.54, 1.807) is 19.2 Å². The first-order valence-electron chi connectivity index (χ1n) is 7.55. The predicted octanol–water partition coefficient (Wildman–Crippen LogP) is 2.45. The number of rotatable bonds is 8. The molecule has 0 aliphatic carbocycles. The topological polar surface area (TPSA) is 82.6 Å². The standard InChI is InChI=1S/C15H25ClN4O2S.HI/c1-12(2)7-8-18-15(17-3)19-9-10-20-23(21,22)14-6-4-5-13(16)11-14;/h4-6,11-12,20H,7-10H2,1-3H3,(H2,17,18,19);1H. The third-order valence-corrected chi connectivity index (χ3v) is 4.75. The minimum absolute atomic E-state index is 0. The van der Waals surface area contributed by atoms with E-state index >= 15 is 0 Å². The van der Waals surface area contributed by atoms with Crippen LogP contribution in [0.15, 0.2) is 34.2 Å². The first kappa shape index (κ1) is 23.4. The summed E-state index contributed by atoms with van der Waals surface area (Å²) in [4.78, 5) is 4.25. The van der Waals surface area contributed by atoms with Crippen LogP contribution in [0.25, 0.3) is 0 Å². The molecule has 0 radical (unpaired) electrons. The van der Waals surface area contributed by atoms with Gasteiger partial charge in [0.25, 0.3) is 0 Å². The van der Waals surface area contributed by atoms with Gasteiger partial charge in [0.2, 0.25) is 10.0 Å². The fraction of sp³-hybridized carbons (Fsp3) is 0.533. The zero-order valence-electron chi connectivity index (χ0n) is 14.2. The third-order valence-electron chi connectivity index (χ3n) is 3.05. The minimum atomic E-state index is -3.55. The number of aliphatic imine (C=N–C) groups is 1. The van der Waals surface area contributed by atoms with Gasteiger partial charge in [-0.05, 0) is 30.5 Å². The number of guanidine groups is 1. The lowest BCUT2D eigenvalue weighted by Crippen LogP contribution is -2.42. The van der Waals surface area contributed by atoms with Crippen molar-refractivity contribution < 1.29 is 8.42 Å². The number of hydrogen-bond acceptors (Lipinski definition) is 3. The zero-order chi connectivity index (χ0) is 17.3. The fourth-order valence-corrected chi connectivity index (χ4v) is 3.12. The first-order chi connectivity index (χ1) is 10.8. The molecular formula is C15H26ClIN4O2S. The van der Waals surface area contributed by atoms with E-state index in [1.807, 2.05) is 0 Å². The molecule has 0 saturated carbocycles. The van der Waals surface area contributed by atoms with Gasteiger partial charge >= 0.3 is 0 Å². The van der Waals surface area contributed by atoms with Crippen LogP contribution in [0.2, 0.25) is 5.02 Å². The average molecular weight is 489 g/mol. The molecule has 0 aliphatic rings. The first-order valence-corrected chi connectivity index (χ1v) is 9.41. The number of halogens is 2. The van der Waals surface area contributed by atoms with Crippen molar-refractivity contribution >= 4 is 51.6 Å². The maximum absolute atomic E-state index is 12.1. The average Bonchev–Trinajstić information content (AvgIpc) is 2.49. The Morgan fingerprint density at radius 2 is 1.88 bits per heavy atom. The molecule has 6 nitrogen and oxygen atoms in total. The summed E-state index contributed by atoms with van der Waals surface area (Å²) < 4.78 is 26.7. The Hall–Kier alpha value is -0.580. The normalized spacial score (nSPS) is 12.0. The van der Waals surface area contributed by atoms with Crippen molar-refractivity contribution in [3.05, 3.63) is 29.3 Å². The number of sulfonamides is 1. The van der Waals surface area contributed by atoms with Crippen LogP contribution >= 0.6 is 35.6 Å². The van der Waals surface area contributed by atoms with E-state index in [-0.39, 0.29) is 35.4 Å². The predicted molar refractivity (Wildman–Crippen MR) is 111 cm³/mol. The van der Waals surface area contributed by atoms with Gasteiger partial charge in [-0.3, -0.25) is 4.99 Å². The van der Waals surface area contributed by atoms with Crippen LogP contribution in [0.4, 0.5) is 0 Å². The van der Waals surface area contributed by atoms with Crippen molar-refractivity contribution in [3.8, 4) is 0 Å². The lowest BCUT2D eigenvalue weighted by molar-refractivity contribution is 0.571. The highest BCUT2D eigenvalue weighted by atomic mass is 127. The van der Waals surface area contributed by atoms with Crippen LogP contribution in [0.5, 0.6) is 0 Å². The van der Waals surface area contributed by atoms with E-state index in [0.717, 1.165) is 13.0 Å². The molecule has 1 rings (SSSR count). The molecule has 0 saturated heterocycles. The molecule has 0 aliphatic heterocycles. The van der Waals surface area contributed by atoms with Crippen LogP contribution in [0.1, 0.15) is 20.3 Å². The fourth-order valence-electron chi connectivity index (χ4n) is 1.78. The lowest BCUT2D eigenvalue weighted by Gasteiger charge is -2.13. The van der Waals surface area contributed by atoms with Crippen molar-refractivity contribution in [1.82, 2.24) is 15.4 Å². The molecule has 0 aromatic heterocycles. The molecule has 0 amide bonds. The van der Waals surface area contributed by atoms with Gasteiger partial charge in [0.1, 0.15) is 0 Å². The summed E-state index contributed by atoms with van der Waals surface area (Å²) in [7, 11) is -1.87. The molecule has 138 valence electrons. The molecular weight excluding hydrogens is 463 g/mol. The van der Waals surface area contributed by atoms with Crippen LogP contribution < -0.4 is 15.4 Å². The Bertz CT molecular complexity index is 624. The Morgan fingerprint density at radius 3 is 2.46 bits per heavy atom. The Labute approximate surface area is 166 Å². The Morgan fingerprint density at radius 1 is 1.21 bits per heavy atom. The van der Waals surface area contributed by atoms with E-state index in [4.69, 9.17) is 11.6 Å². The van der Waals surface area contributed by atoms with Crippen molar-refractivity contribution in [2.24, 2.45) is 10.9 Å². The molecule has 1 aromatic carbocycles. The van der Waals surface area contributed by atoms with Gasteiger partial charge in [0, 0.05) is 31.7 Å². The van der Waals surface area contributed by atoms with Gasteiger partial charge < -0.3 is 10.6 Å². The largest absolute Gasteiger partial charge is 0.356 e. The lowest BCUT2D eigenvalue weighted by atomic mass is 10.1. The second-order valence-corrected chi connectivity index (χ2v) is 7.67. The summed E-state index contributed by atoms with van der Waals surface area (Å²) in [5, 5.41) is 6.64. The molecule has 0 unspecified atom stereocenters. The van der Waals surface area contributed by atoms with E-state index in [9.17, 15) is 8.42 Å². The van der Waals surface area contributed by atoms with Gasteiger partial charge in [-0.25, -0.2) is 13.1 Å². The van der Waals surface area contributed by atoms with Crippen molar-refractivity contribution in [2.75, 3.05) is 26.7 Å². The maximum atomic E-state index is 12.1. The number of hydrogen-bond donors (Lipinski definition) is 3. The number of nitrogens with one attached hydrogen (secondary N) is 3. The molecule has 0 fully saturated rings. The Balaban J connectivity index is 0.00000529. The van der Waals surface area contributed by atoms with Crippen LogP contribution in [0.3, 0.4) is 0 Å². The SMILES string of the molecule is CN=C(NCCNS(=O)(=O)c1cccc(Cl)c1)NCCC(C)C.I. The van der Waals surface area contributed by atoms with E-state index in [0.29, 0.717) is 23.4 Å². The van der Waals surface area contributed by atoms with Gasteiger partial charge in [0.05, 0.1) is 4.90 Å². The molecule has 1 aromatic rings. The number of benzene rings is 1. The van der Waals surface area contributed by atoms with E-state index in [1.165, 1.54) is 12.1 Å². The highest BCUT2D eigenvalue weighted by molar-refractivity contribution is 14.0. The van der Waals surface area contributed by atoms with Gasteiger partial charge in [-0.2, -0.15) is 0 Å². The molecule has 9 heteroatoms. The van der Waals surface area contributed by atoms with Crippen LogP contribution in [0, 0.1) is 5.92 Å². The highest BCUT2D eigenvalue weighted by Gasteiger charge is 2.13. The summed E-state index contributed by atoms with van der Waals surface area (Å²) in [6.45, 7) is 5.82. The van der Waals surface area contributed by atoms with E-state index < -0.39 is 10.0 Å². The quantitative estimate of drug-likeness (QED) is 0.227.